The number of halogens is 1. The summed E-state index contributed by atoms with van der Waals surface area (Å²) in [5.41, 5.74) is 0. The molecule has 0 spiro atoms. The molecule has 2 saturated heterocycles. The van der Waals surface area contributed by atoms with Gasteiger partial charge in [0.1, 0.15) is 6.10 Å². The average molecular weight is 441 g/mol. The van der Waals surface area contributed by atoms with Crippen molar-refractivity contribution in [3.63, 3.8) is 0 Å². The van der Waals surface area contributed by atoms with E-state index in [1.807, 2.05) is 7.05 Å². The first-order chi connectivity index (χ1) is 10.8. The Bertz CT molecular complexity index is 339. The Labute approximate surface area is 157 Å². The highest BCUT2D eigenvalue weighted by Crippen LogP contribution is 2.20. The second-order valence-corrected chi connectivity index (χ2v) is 5.85. The van der Waals surface area contributed by atoms with Crippen molar-refractivity contribution in [3.05, 3.63) is 0 Å². The third-order valence-corrected chi connectivity index (χ3v) is 4.16. The van der Waals surface area contributed by atoms with Crippen LogP contribution in [0.15, 0.2) is 4.99 Å². The number of nitrogens with zero attached hydrogens (tertiary/aromatic N) is 2. The van der Waals surface area contributed by atoms with Crippen LogP contribution in [0.4, 0.5) is 0 Å². The molecule has 1 N–H and O–H groups in total. The molecule has 6 nitrogen and oxygen atoms in total. The van der Waals surface area contributed by atoms with Crippen molar-refractivity contribution in [2.75, 3.05) is 53.1 Å². The van der Waals surface area contributed by atoms with Crippen molar-refractivity contribution in [2.24, 2.45) is 4.99 Å². The SMILES string of the molecule is CCCCOCCNC(=NC)N1CCOC(C2CCCO2)C1.I. The number of rotatable bonds is 7. The topological polar surface area (TPSA) is 55.3 Å². The fraction of sp³-hybridized carbons (Fsp3) is 0.938. The number of aliphatic imine (C=N–C) groups is 1. The van der Waals surface area contributed by atoms with Gasteiger partial charge in [0.2, 0.25) is 0 Å². The first-order valence-electron chi connectivity index (χ1n) is 8.61. The molecule has 2 heterocycles. The minimum Gasteiger partial charge on any atom is -0.380 e. The normalized spacial score (nSPS) is 25.3. The van der Waals surface area contributed by atoms with Crippen LogP contribution < -0.4 is 5.32 Å². The van der Waals surface area contributed by atoms with Gasteiger partial charge >= 0.3 is 0 Å². The zero-order valence-electron chi connectivity index (χ0n) is 14.5. The lowest BCUT2D eigenvalue weighted by Crippen LogP contribution is -2.53. The Hall–Kier alpha value is -0.120. The van der Waals surface area contributed by atoms with Crippen LogP contribution in [0.25, 0.3) is 0 Å². The molecular weight excluding hydrogens is 409 g/mol. The summed E-state index contributed by atoms with van der Waals surface area (Å²) in [5, 5.41) is 3.38. The third kappa shape index (κ3) is 7.11. The Morgan fingerprint density at radius 2 is 2.09 bits per heavy atom. The van der Waals surface area contributed by atoms with E-state index in [0.717, 1.165) is 71.3 Å². The molecule has 0 aromatic carbocycles. The van der Waals surface area contributed by atoms with Crippen molar-refractivity contribution in [1.82, 2.24) is 10.2 Å². The molecule has 0 aliphatic carbocycles. The number of morpholine rings is 1. The Morgan fingerprint density at radius 1 is 1.26 bits per heavy atom. The van der Waals surface area contributed by atoms with Crippen molar-refractivity contribution in [3.8, 4) is 0 Å². The minimum atomic E-state index is 0. The molecule has 7 heteroatoms. The number of nitrogens with one attached hydrogen (secondary N) is 1. The van der Waals surface area contributed by atoms with Gasteiger partial charge < -0.3 is 24.4 Å². The lowest BCUT2D eigenvalue weighted by atomic mass is 10.1. The van der Waals surface area contributed by atoms with Gasteiger partial charge in [-0.2, -0.15) is 0 Å². The van der Waals surface area contributed by atoms with E-state index in [-0.39, 0.29) is 36.2 Å². The first-order valence-corrected chi connectivity index (χ1v) is 8.61. The molecule has 2 aliphatic heterocycles. The molecule has 23 heavy (non-hydrogen) atoms. The summed E-state index contributed by atoms with van der Waals surface area (Å²) in [6, 6.07) is 0. The minimum absolute atomic E-state index is 0. The Morgan fingerprint density at radius 3 is 2.78 bits per heavy atom. The van der Waals surface area contributed by atoms with Crippen molar-refractivity contribution in [2.45, 2.75) is 44.8 Å². The van der Waals surface area contributed by atoms with E-state index in [0.29, 0.717) is 0 Å². The molecule has 2 aliphatic rings. The van der Waals surface area contributed by atoms with E-state index in [1.54, 1.807) is 0 Å². The molecule has 136 valence electrons. The zero-order chi connectivity index (χ0) is 15.6. The summed E-state index contributed by atoms with van der Waals surface area (Å²) in [6.45, 7) is 7.85. The van der Waals surface area contributed by atoms with Gasteiger partial charge in [-0.05, 0) is 19.3 Å². The van der Waals surface area contributed by atoms with Gasteiger partial charge in [-0.15, -0.1) is 24.0 Å². The van der Waals surface area contributed by atoms with Crippen LogP contribution in [0, 0.1) is 0 Å². The van der Waals surface area contributed by atoms with Crippen molar-refractivity contribution in [1.29, 1.82) is 0 Å². The van der Waals surface area contributed by atoms with E-state index in [4.69, 9.17) is 14.2 Å². The third-order valence-electron chi connectivity index (χ3n) is 4.16. The van der Waals surface area contributed by atoms with E-state index in [2.05, 4.69) is 22.1 Å². The van der Waals surface area contributed by atoms with Crippen LogP contribution >= 0.6 is 24.0 Å². The number of hydrogen-bond acceptors (Lipinski definition) is 4. The van der Waals surface area contributed by atoms with Crippen LogP contribution in [0.5, 0.6) is 0 Å². The summed E-state index contributed by atoms with van der Waals surface area (Å²) in [7, 11) is 1.83. The van der Waals surface area contributed by atoms with Crippen LogP contribution in [0.3, 0.4) is 0 Å². The summed E-state index contributed by atoms with van der Waals surface area (Å²) >= 11 is 0. The fourth-order valence-corrected chi connectivity index (χ4v) is 2.90. The summed E-state index contributed by atoms with van der Waals surface area (Å²) in [6.07, 6.45) is 4.96. The summed E-state index contributed by atoms with van der Waals surface area (Å²) in [4.78, 5) is 6.65. The van der Waals surface area contributed by atoms with Gasteiger partial charge in [-0.3, -0.25) is 4.99 Å². The molecule has 0 saturated carbocycles. The molecule has 0 aromatic rings. The Balaban J connectivity index is 0.00000264. The van der Waals surface area contributed by atoms with Crippen molar-refractivity contribution < 1.29 is 14.2 Å². The van der Waals surface area contributed by atoms with Crippen LogP contribution in [-0.2, 0) is 14.2 Å². The predicted octanol–water partition coefficient (Wildman–Crippen LogP) is 1.88. The van der Waals surface area contributed by atoms with Gasteiger partial charge in [0.15, 0.2) is 5.96 Å². The highest BCUT2D eigenvalue weighted by atomic mass is 127. The predicted molar refractivity (Wildman–Crippen MR) is 103 cm³/mol. The molecule has 0 radical (unpaired) electrons. The van der Waals surface area contributed by atoms with Gasteiger partial charge in [0.05, 0.1) is 19.3 Å². The van der Waals surface area contributed by atoms with E-state index >= 15 is 0 Å². The maximum atomic E-state index is 5.88. The second kappa shape index (κ2) is 12.3. The smallest absolute Gasteiger partial charge is 0.193 e. The lowest BCUT2D eigenvalue weighted by Gasteiger charge is -2.37. The molecule has 2 unspecified atom stereocenters. The molecule has 2 fully saturated rings. The largest absolute Gasteiger partial charge is 0.380 e. The monoisotopic (exact) mass is 441 g/mol. The van der Waals surface area contributed by atoms with E-state index in [1.165, 1.54) is 6.42 Å². The highest BCUT2D eigenvalue weighted by molar-refractivity contribution is 14.0. The number of unbranched alkanes of at least 4 members (excludes halogenated alkanes) is 1. The van der Waals surface area contributed by atoms with E-state index in [9.17, 15) is 0 Å². The second-order valence-electron chi connectivity index (χ2n) is 5.85. The molecule has 2 atom stereocenters. The molecule has 0 bridgehead atoms. The van der Waals surface area contributed by atoms with Gasteiger partial charge in [0, 0.05) is 39.9 Å². The number of ether oxygens (including phenoxy) is 3. The summed E-state index contributed by atoms with van der Waals surface area (Å²) < 4.78 is 17.2. The van der Waals surface area contributed by atoms with Crippen molar-refractivity contribution >= 4 is 29.9 Å². The summed E-state index contributed by atoms with van der Waals surface area (Å²) in [5.74, 6) is 0.936. The standard InChI is InChI=1S/C16H31N3O3.HI/c1-3-4-9-20-11-7-18-16(17-2)19-8-12-22-15(13-19)14-6-5-10-21-14;/h14-15H,3-13H2,1-2H3,(H,17,18);1H. The van der Waals surface area contributed by atoms with Crippen LogP contribution in [-0.4, -0.2) is 76.2 Å². The van der Waals surface area contributed by atoms with Gasteiger partial charge in [-0.1, -0.05) is 13.3 Å². The van der Waals surface area contributed by atoms with Gasteiger partial charge in [-0.25, -0.2) is 0 Å². The van der Waals surface area contributed by atoms with Gasteiger partial charge in [0.25, 0.3) is 0 Å². The van der Waals surface area contributed by atoms with Crippen LogP contribution in [0.1, 0.15) is 32.6 Å². The lowest BCUT2D eigenvalue weighted by molar-refractivity contribution is -0.0817. The maximum absolute atomic E-state index is 5.88. The Kier molecular flexibility index (Phi) is 11.2. The average Bonchev–Trinajstić information content (AvgIpc) is 3.09. The molecule has 0 amide bonds. The van der Waals surface area contributed by atoms with E-state index < -0.39 is 0 Å². The quantitative estimate of drug-likeness (QED) is 0.283. The molecular formula is C16H32IN3O3. The molecule has 0 aromatic heterocycles. The van der Waals surface area contributed by atoms with Crippen LogP contribution in [0.2, 0.25) is 0 Å². The molecule has 2 rings (SSSR count). The fourth-order valence-electron chi connectivity index (χ4n) is 2.90. The number of guanidine groups is 1. The maximum Gasteiger partial charge on any atom is 0.193 e. The highest BCUT2D eigenvalue weighted by Gasteiger charge is 2.32. The zero-order valence-corrected chi connectivity index (χ0v) is 16.8. The number of hydrogen-bond donors (Lipinski definition) is 1. The first kappa shape index (κ1) is 20.9.